The van der Waals surface area contributed by atoms with Crippen LogP contribution in [0.3, 0.4) is 0 Å². The molecule has 1 aliphatic rings. The first-order valence-electron chi connectivity index (χ1n) is 8.18. The predicted octanol–water partition coefficient (Wildman–Crippen LogP) is 2.80. The first-order valence-corrected chi connectivity index (χ1v) is 10.1. The second kappa shape index (κ2) is 6.77. The maximum Gasteiger partial charge on any atom is 0.416 e. The molecule has 150 valence electrons. The van der Waals surface area contributed by atoms with Crippen LogP contribution in [0.15, 0.2) is 35.2 Å². The Morgan fingerprint density at radius 3 is 2.29 bits per heavy atom. The standard InChI is InChI=1S/C18H16F3NO5S/c1-27-17(24)12-7-8-22-13(12)9-14(28(2,25)26)15(22)16(23)10-3-5-11(6-4-10)18(19,20)21/h3-6,9,12H,7-8H2,1-2H3. The predicted molar refractivity (Wildman–Crippen MR) is 91.8 cm³/mol. The van der Waals surface area contributed by atoms with Gasteiger partial charge >= 0.3 is 12.1 Å². The average Bonchev–Trinajstić information content (AvgIpc) is 3.18. The van der Waals surface area contributed by atoms with E-state index in [2.05, 4.69) is 0 Å². The molecule has 1 unspecified atom stereocenters. The Balaban J connectivity index is 2.11. The van der Waals surface area contributed by atoms with E-state index < -0.39 is 39.2 Å². The molecule has 28 heavy (non-hydrogen) atoms. The van der Waals surface area contributed by atoms with Gasteiger partial charge in [0.05, 0.1) is 23.5 Å². The number of methoxy groups -OCH3 is 1. The molecule has 2 heterocycles. The molecule has 0 radical (unpaired) electrons. The monoisotopic (exact) mass is 415 g/mol. The summed E-state index contributed by atoms with van der Waals surface area (Å²) in [6.45, 7) is 0.215. The van der Waals surface area contributed by atoms with Gasteiger partial charge in [-0.25, -0.2) is 8.42 Å². The van der Waals surface area contributed by atoms with Crippen LogP contribution in [0.1, 0.15) is 39.6 Å². The van der Waals surface area contributed by atoms with Gasteiger partial charge < -0.3 is 9.30 Å². The SMILES string of the molecule is COC(=O)C1CCn2c1cc(S(C)(=O)=O)c2C(=O)c1ccc(C(F)(F)F)cc1. The molecule has 1 aromatic heterocycles. The van der Waals surface area contributed by atoms with E-state index in [0.29, 0.717) is 12.1 Å². The third-order valence-electron chi connectivity index (χ3n) is 4.67. The van der Waals surface area contributed by atoms with Crippen molar-refractivity contribution in [2.45, 2.75) is 30.0 Å². The fourth-order valence-electron chi connectivity index (χ4n) is 3.32. The third kappa shape index (κ3) is 3.44. The van der Waals surface area contributed by atoms with Gasteiger partial charge in [-0.05, 0) is 24.6 Å². The molecule has 0 spiro atoms. The minimum Gasteiger partial charge on any atom is -0.469 e. The van der Waals surface area contributed by atoms with Crippen LogP contribution in [0, 0.1) is 0 Å². The lowest BCUT2D eigenvalue weighted by Gasteiger charge is -2.10. The Labute approximate surface area is 158 Å². The van der Waals surface area contributed by atoms with Crippen LogP contribution in [0.4, 0.5) is 13.2 Å². The molecular formula is C18H16F3NO5S. The van der Waals surface area contributed by atoms with Crippen molar-refractivity contribution in [1.82, 2.24) is 4.57 Å². The molecule has 3 rings (SSSR count). The Kier molecular flexibility index (Phi) is 4.86. The number of carbonyl (C=O) groups excluding carboxylic acids is 2. The number of alkyl halides is 3. The number of hydrogen-bond donors (Lipinski definition) is 0. The van der Waals surface area contributed by atoms with E-state index in [1.54, 1.807) is 0 Å². The van der Waals surface area contributed by atoms with Crippen LogP contribution in [0.2, 0.25) is 0 Å². The summed E-state index contributed by atoms with van der Waals surface area (Å²) in [7, 11) is -2.62. The number of aromatic nitrogens is 1. The Morgan fingerprint density at radius 2 is 1.79 bits per heavy atom. The number of halogens is 3. The number of nitrogens with zero attached hydrogens (tertiary/aromatic N) is 1. The van der Waals surface area contributed by atoms with Crippen molar-refractivity contribution < 1.29 is 35.9 Å². The molecule has 1 atom stereocenters. The highest BCUT2D eigenvalue weighted by Gasteiger charge is 2.37. The molecule has 1 aromatic carbocycles. The number of hydrogen-bond acceptors (Lipinski definition) is 5. The summed E-state index contributed by atoms with van der Waals surface area (Å²) in [5, 5.41) is 0. The van der Waals surface area contributed by atoms with Crippen LogP contribution in [0.5, 0.6) is 0 Å². The number of benzene rings is 1. The van der Waals surface area contributed by atoms with Crippen molar-refractivity contribution >= 4 is 21.6 Å². The summed E-state index contributed by atoms with van der Waals surface area (Å²) in [5.41, 5.74) is -0.829. The molecule has 0 aliphatic carbocycles. The van der Waals surface area contributed by atoms with Crippen LogP contribution in [0.25, 0.3) is 0 Å². The van der Waals surface area contributed by atoms with Gasteiger partial charge in [0.2, 0.25) is 5.78 Å². The molecule has 2 aromatic rings. The van der Waals surface area contributed by atoms with E-state index in [4.69, 9.17) is 4.74 Å². The topological polar surface area (TPSA) is 82.4 Å². The van der Waals surface area contributed by atoms with Gasteiger partial charge in [-0.15, -0.1) is 0 Å². The fourth-order valence-corrected chi connectivity index (χ4v) is 4.21. The normalized spacial score (nSPS) is 16.7. The largest absolute Gasteiger partial charge is 0.469 e. The first-order chi connectivity index (χ1) is 12.9. The van der Waals surface area contributed by atoms with E-state index in [0.717, 1.165) is 30.5 Å². The molecule has 0 N–H and O–H groups in total. The van der Waals surface area contributed by atoms with Gasteiger partial charge in [-0.1, -0.05) is 12.1 Å². The second-order valence-corrected chi connectivity index (χ2v) is 8.46. The smallest absolute Gasteiger partial charge is 0.416 e. The molecule has 6 nitrogen and oxygen atoms in total. The van der Waals surface area contributed by atoms with E-state index in [1.165, 1.54) is 17.7 Å². The van der Waals surface area contributed by atoms with Gasteiger partial charge in [0.1, 0.15) is 5.69 Å². The zero-order valence-electron chi connectivity index (χ0n) is 14.9. The average molecular weight is 415 g/mol. The number of sulfone groups is 1. The lowest BCUT2D eigenvalue weighted by molar-refractivity contribution is -0.142. The summed E-state index contributed by atoms with van der Waals surface area (Å²) < 4.78 is 68.7. The van der Waals surface area contributed by atoms with Gasteiger partial charge in [0.25, 0.3) is 0 Å². The quantitative estimate of drug-likeness (QED) is 0.567. The van der Waals surface area contributed by atoms with E-state index in [9.17, 15) is 31.2 Å². The minimum atomic E-state index is -4.55. The molecule has 1 aliphatic heterocycles. The Bertz CT molecular complexity index is 1050. The maximum atomic E-state index is 13.0. The van der Waals surface area contributed by atoms with Crippen LogP contribution in [-0.4, -0.2) is 38.1 Å². The zero-order valence-corrected chi connectivity index (χ0v) is 15.7. The molecule has 0 saturated carbocycles. The number of ether oxygens (including phenoxy) is 1. The van der Waals surface area contributed by atoms with Crippen molar-refractivity contribution in [3.63, 3.8) is 0 Å². The summed E-state index contributed by atoms with van der Waals surface area (Å²) >= 11 is 0. The maximum absolute atomic E-state index is 13.0. The van der Waals surface area contributed by atoms with Crippen molar-refractivity contribution in [2.75, 3.05) is 13.4 Å². The highest BCUT2D eigenvalue weighted by Crippen LogP contribution is 2.36. The Morgan fingerprint density at radius 1 is 1.18 bits per heavy atom. The molecule has 10 heteroatoms. The number of carbonyl (C=O) groups is 2. The Hall–Kier alpha value is -2.62. The number of esters is 1. The lowest BCUT2D eigenvalue weighted by Crippen LogP contribution is -2.14. The summed E-state index contributed by atoms with van der Waals surface area (Å²) in [4.78, 5) is 24.6. The van der Waals surface area contributed by atoms with Crippen molar-refractivity contribution in [2.24, 2.45) is 0 Å². The highest BCUT2D eigenvalue weighted by molar-refractivity contribution is 7.90. The van der Waals surface area contributed by atoms with Gasteiger partial charge in [-0.2, -0.15) is 13.2 Å². The van der Waals surface area contributed by atoms with Crippen LogP contribution < -0.4 is 0 Å². The molecule has 0 saturated heterocycles. The van der Waals surface area contributed by atoms with Gasteiger partial charge in [0.15, 0.2) is 9.84 Å². The number of ketones is 1. The number of rotatable bonds is 4. The van der Waals surface area contributed by atoms with Crippen molar-refractivity contribution in [1.29, 1.82) is 0 Å². The highest BCUT2D eigenvalue weighted by atomic mass is 32.2. The molecule has 0 fully saturated rings. The van der Waals surface area contributed by atoms with Gasteiger partial charge in [-0.3, -0.25) is 9.59 Å². The molecular weight excluding hydrogens is 399 g/mol. The van der Waals surface area contributed by atoms with E-state index >= 15 is 0 Å². The zero-order chi connectivity index (χ0) is 20.9. The van der Waals surface area contributed by atoms with Crippen LogP contribution >= 0.6 is 0 Å². The second-order valence-electron chi connectivity index (χ2n) is 6.47. The first kappa shape index (κ1) is 20.1. The minimum absolute atomic E-state index is 0.0830. The van der Waals surface area contributed by atoms with Crippen molar-refractivity contribution in [3.05, 3.63) is 52.8 Å². The number of fused-ring (bicyclic) bond motifs is 1. The van der Waals surface area contributed by atoms with Gasteiger partial charge in [0, 0.05) is 24.1 Å². The lowest BCUT2D eigenvalue weighted by atomic mass is 10.0. The van der Waals surface area contributed by atoms with E-state index in [-0.39, 0.29) is 22.7 Å². The third-order valence-corrected chi connectivity index (χ3v) is 5.78. The van der Waals surface area contributed by atoms with Crippen LogP contribution in [-0.2, 0) is 32.1 Å². The fraction of sp³-hybridized carbons (Fsp3) is 0.333. The van der Waals surface area contributed by atoms with Crippen molar-refractivity contribution in [3.8, 4) is 0 Å². The van der Waals surface area contributed by atoms with E-state index in [1.807, 2.05) is 0 Å². The summed E-state index contributed by atoms with van der Waals surface area (Å²) in [5.74, 6) is -1.99. The summed E-state index contributed by atoms with van der Waals surface area (Å²) in [6.07, 6.45) is -3.29. The molecule has 0 amide bonds. The summed E-state index contributed by atoms with van der Waals surface area (Å²) in [6, 6.07) is 4.80. The molecule has 0 bridgehead atoms.